The van der Waals surface area contributed by atoms with Crippen LogP contribution >= 0.6 is 0 Å². The van der Waals surface area contributed by atoms with Gasteiger partial charge in [-0.05, 0) is 43.9 Å². The maximum Gasteiger partial charge on any atom is 0.339 e. The molecule has 2 N–H and O–H groups in total. The predicted molar refractivity (Wildman–Crippen MR) is 168 cm³/mol. The summed E-state index contributed by atoms with van der Waals surface area (Å²) in [5.41, 5.74) is 1.27. The fourth-order valence-corrected chi connectivity index (χ4v) is 5.57. The molecule has 0 radical (unpaired) electrons. The Hall–Kier alpha value is -2.69. The van der Waals surface area contributed by atoms with Gasteiger partial charge in [-0.25, -0.2) is 9.36 Å². The Labute approximate surface area is 249 Å². The highest BCUT2D eigenvalue weighted by Gasteiger charge is 2.17. The molecule has 0 aliphatic carbocycles. The van der Waals surface area contributed by atoms with Crippen LogP contribution in [0.1, 0.15) is 162 Å². The van der Waals surface area contributed by atoms with Gasteiger partial charge in [0.25, 0.3) is 0 Å². The summed E-state index contributed by atoms with van der Waals surface area (Å²) in [6, 6.07) is 8.69. The third-order valence-electron chi connectivity index (χ3n) is 8.13. The van der Waals surface area contributed by atoms with Gasteiger partial charge in [0.15, 0.2) is 18.2 Å². The number of rotatable bonds is 25. The van der Waals surface area contributed by atoms with E-state index in [-0.39, 0.29) is 16.9 Å². The first kappa shape index (κ1) is 34.5. The summed E-state index contributed by atoms with van der Waals surface area (Å²) in [6.07, 6.45) is 30.4. The third-order valence-corrected chi connectivity index (χ3v) is 8.13. The van der Waals surface area contributed by atoms with Crippen molar-refractivity contribution in [1.29, 1.82) is 0 Å². The molecule has 228 valence electrons. The summed E-state index contributed by atoms with van der Waals surface area (Å²) in [4.78, 5) is 23.6. The van der Waals surface area contributed by atoms with Crippen LogP contribution in [0.15, 0.2) is 42.7 Å². The molecule has 0 atom stereocenters. The Morgan fingerprint density at radius 2 is 1.20 bits per heavy atom. The molecule has 2 aromatic rings. The topological polar surface area (TPSA) is 78.5 Å². The molecular formula is C36H56NO4+. The van der Waals surface area contributed by atoms with Gasteiger partial charge in [-0.15, -0.1) is 0 Å². The fourth-order valence-electron chi connectivity index (χ4n) is 5.57. The molecule has 41 heavy (non-hydrogen) atoms. The summed E-state index contributed by atoms with van der Waals surface area (Å²) >= 11 is 0. The average molecular weight is 567 g/mol. The fraction of sp³-hybridized carbons (Fsp3) is 0.639. The molecule has 0 saturated carbocycles. The molecule has 0 spiro atoms. The van der Waals surface area contributed by atoms with Gasteiger partial charge < -0.3 is 10.2 Å². The molecule has 0 amide bonds. The van der Waals surface area contributed by atoms with Crippen molar-refractivity contribution in [1.82, 2.24) is 0 Å². The Kier molecular flexibility index (Phi) is 18.5. The minimum absolute atomic E-state index is 0.108. The summed E-state index contributed by atoms with van der Waals surface area (Å²) in [6.45, 7) is 3.38. The Morgan fingerprint density at radius 3 is 1.80 bits per heavy atom. The number of Topliss-reactive ketones (excluding diaryl/α,β-unsaturated/α-hetero) is 1. The number of ketones is 1. The lowest BCUT2D eigenvalue weighted by Crippen LogP contribution is -2.33. The van der Waals surface area contributed by atoms with Crippen molar-refractivity contribution in [2.24, 2.45) is 0 Å². The lowest BCUT2D eigenvalue weighted by atomic mass is 10.00. The zero-order chi connectivity index (χ0) is 29.5. The summed E-state index contributed by atoms with van der Waals surface area (Å²) in [5, 5.41) is 19.2. The van der Waals surface area contributed by atoms with Gasteiger partial charge in [-0.1, -0.05) is 109 Å². The molecule has 5 heteroatoms. The highest BCUT2D eigenvalue weighted by molar-refractivity contribution is 6.02. The second-order valence-electron chi connectivity index (χ2n) is 11.7. The number of aryl methyl sites for hydroxylation is 2. The first-order valence-electron chi connectivity index (χ1n) is 16.6. The average Bonchev–Trinajstić information content (AvgIpc) is 2.97. The summed E-state index contributed by atoms with van der Waals surface area (Å²) < 4.78 is 2.34. The van der Waals surface area contributed by atoms with Crippen molar-refractivity contribution in [2.75, 3.05) is 0 Å². The van der Waals surface area contributed by atoms with Gasteiger partial charge in [-0.2, -0.15) is 0 Å². The van der Waals surface area contributed by atoms with Crippen LogP contribution in [0.3, 0.4) is 0 Å². The van der Waals surface area contributed by atoms with Crippen molar-refractivity contribution < 1.29 is 24.4 Å². The number of hydrogen-bond donors (Lipinski definition) is 2. The number of nitrogens with zero attached hydrogens (tertiary/aromatic N) is 1. The van der Waals surface area contributed by atoms with Crippen molar-refractivity contribution in [3.8, 4) is 5.75 Å². The van der Waals surface area contributed by atoms with E-state index in [9.17, 15) is 14.7 Å². The van der Waals surface area contributed by atoms with Gasteiger partial charge in [0.1, 0.15) is 17.9 Å². The SMILES string of the molecule is CCCCCCCCCCCCCCCC[n+]1cccc(CCCCCCCC(=O)c2cccc(C(=O)O)c2O)c1. The number of hydrogen-bond acceptors (Lipinski definition) is 3. The number of carboxylic acid groups (broad SMARTS) is 1. The van der Waals surface area contributed by atoms with Crippen molar-refractivity contribution >= 4 is 11.8 Å². The number of carbonyl (C=O) groups excluding carboxylic acids is 1. The number of carbonyl (C=O) groups is 2. The first-order valence-corrected chi connectivity index (χ1v) is 16.6. The molecule has 1 heterocycles. The zero-order valence-electron chi connectivity index (χ0n) is 25.8. The molecular weight excluding hydrogens is 510 g/mol. The van der Waals surface area contributed by atoms with Crippen LogP contribution in [0.5, 0.6) is 5.75 Å². The predicted octanol–water partition coefficient (Wildman–Crippen LogP) is 9.63. The van der Waals surface area contributed by atoms with Gasteiger partial charge in [0.05, 0.1) is 5.56 Å². The number of unbranched alkanes of at least 4 members (excludes halogenated alkanes) is 17. The Balaban J connectivity index is 1.47. The maximum atomic E-state index is 12.4. The van der Waals surface area contributed by atoms with Crippen LogP contribution in [0, 0.1) is 0 Å². The quantitative estimate of drug-likeness (QED) is 0.0712. The number of aromatic hydroxyl groups is 1. The van der Waals surface area contributed by atoms with E-state index in [1.54, 1.807) is 0 Å². The van der Waals surface area contributed by atoms with Gasteiger partial charge in [-0.3, -0.25) is 4.79 Å². The van der Waals surface area contributed by atoms with E-state index >= 15 is 0 Å². The number of para-hydroxylation sites is 1. The smallest absolute Gasteiger partial charge is 0.339 e. The largest absolute Gasteiger partial charge is 0.506 e. The van der Waals surface area contributed by atoms with Crippen LogP contribution in [0.25, 0.3) is 0 Å². The van der Waals surface area contributed by atoms with Crippen LogP contribution in [-0.2, 0) is 13.0 Å². The number of phenols is 1. The van der Waals surface area contributed by atoms with E-state index in [2.05, 4.69) is 36.0 Å². The summed E-state index contributed by atoms with van der Waals surface area (Å²) in [7, 11) is 0. The number of pyridine rings is 1. The highest BCUT2D eigenvalue weighted by Crippen LogP contribution is 2.24. The van der Waals surface area contributed by atoms with Gasteiger partial charge in [0.2, 0.25) is 0 Å². The molecule has 0 aliphatic rings. The van der Waals surface area contributed by atoms with E-state index in [0.29, 0.717) is 6.42 Å². The van der Waals surface area contributed by atoms with E-state index in [0.717, 1.165) is 45.1 Å². The normalized spacial score (nSPS) is 11.1. The van der Waals surface area contributed by atoms with Crippen LogP contribution in [0.4, 0.5) is 0 Å². The third kappa shape index (κ3) is 15.2. The second-order valence-corrected chi connectivity index (χ2v) is 11.7. The van der Waals surface area contributed by atoms with E-state index in [1.165, 1.54) is 114 Å². The van der Waals surface area contributed by atoms with Gasteiger partial charge >= 0.3 is 5.97 Å². The minimum atomic E-state index is -1.23. The number of carboxylic acids is 1. The van der Waals surface area contributed by atoms with E-state index < -0.39 is 11.7 Å². The Bertz CT molecular complexity index is 1000. The first-order chi connectivity index (χ1) is 20.0. The number of benzene rings is 1. The van der Waals surface area contributed by atoms with Crippen LogP contribution in [-0.4, -0.2) is 22.0 Å². The van der Waals surface area contributed by atoms with Crippen LogP contribution in [0.2, 0.25) is 0 Å². The Morgan fingerprint density at radius 1 is 0.659 bits per heavy atom. The molecule has 2 rings (SSSR count). The number of aromatic carboxylic acids is 1. The van der Waals surface area contributed by atoms with Crippen molar-refractivity contribution in [3.63, 3.8) is 0 Å². The lowest BCUT2D eigenvalue weighted by molar-refractivity contribution is -0.697. The monoisotopic (exact) mass is 566 g/mol. The molecule has 0 unspecified atom stereocenters. The standard InChI is InChI=1S/C36H55NO4/c1-2-3-4-5-6-7-8-9-10-11-12-13-17-20-28-37-29-22-24-31(30-37)23-18-15-14-16-19-27-34(38)32-25-21-26-33(35(32)39)36(40)41/h21-22,24-26,29-30H,2-20,23,27-28H2,1H3,(H-,38,39,40,41)/p+1. The second kappa shape index (κ2) is 22.0. The molecule has 0 saturated heterocycles. The number of aromatic nitrogens is 1. The minimum Gasteiger partial charge on any atom is -0.506 e. The summed E-state index contributed by atoms with van der Waals surface area (Å²) in [5.74, 6) is -1.84. The molecule has 1 aromatic heterocycles. The zero-order valence-corrected chi connectivity index (χ0v) is 25.8. The molecule has 0 bridgehead atoms. The maximum absolute atomic E-state index is 12.4. The van der Waals surface area contributed by atoms with E-state index in [4.69, 9.17) is 5.11 Å². The molecule has 0 aliphatic heterocycles. The van der Waals surface area contributed by atoms with Crippen molar-refractivity contribution in [2.45, 2.75) is 148 Å². The van der Waals surface area contributed by atoms with Crippen LogP contribution < -0.4 is 4.57 Å². The van der Waals surface area contributed by atoms with E-state index in [1.807, 2.05) is 0 Å². The lowest BCUT2D eigenvalue weighted by Gasteiger charge is -2.06. The highest BCUT2D eigenvalue weighted by atomic mass is 16.4. The molecule has 0 fully saturated rings. The molecule has 1 aromatic carbocycles. The van der Waals surface area contributed by atoms with Crippen molar-refractivity contribution in [3.05, 3.63) is 59.4 Å². The molecule has 5 nitrogen and oxygen atoms in total. The van der Waals surface area contributed by atoms with Gasteiger partial charge in [0, 0.05) is 24.5 Å².